The predicted octanol–water partition coefficient (Wildman–Crippen LogP) is 1.99. The van der Waals surface area contributed by atoms with Crippen molar-refractivity contribution >= 4 is 5.78 Å². The molecule has 0 heterocycles. The van der Waals surface area contributed by atoms with Gasteiger partial charge >= 0.3 is 0 Å². The minimum absolute atomic E-state index is 0.159. The Hall–Kier alpha value is -0.370. The average Bonchev–Trinajstić information content (AvgIpc) is 2.48. The lowest BCUT2D eigenvalue weighted by Crippen LogP contribution is -2.28. The zero-order valence-corrected chi connectivity index (χ0v) is 9.18. The van der Waals surface area contributed by atoms with E-state index in [0.29, 0.717) is 17.7 Å². The molecule has 1 rings (SSSR count). The van der Waals surface area contributed by atoms with Gasteiger partial charge in [0.15, 0.2) is 0 Å². The van der Waals surface area contributed by atoms with Crippen LogP contribution in [0.2, 0.25) is 0 Å². The van der Waals surface area contributed by atoms with Crippen LogP contribution in [0.4, 0.5) is 0 Å². The van der Waals surface area contributed by atoms with E-state index < -0.39 is 0 Å². The number of hydrogen-bond donors (Lipinski definition) is 1. The Kier molecular flexibility index (Phi) is 3.12. The topological polar surface area (TPSA) is 29.1 Å². The lowest BCUT2D eigenvalue weighted by molar-refractivity contribution is -0.130. The molecule has 0 aliphatic heterocycles. The van der Waals surface area contributed by atoms with Crippen molar-refractivity contribution < 1.29 is 4.79 Å². The highest BCUT2D eigenvalue weighted by molar-refractivity contribution is 5.86. The molecule has 13 heavy (non-hydrogen) atoms. The van der Waals surface area contributed by atoms with E-state index in [0.717, 1.165) is 19.3 Å². The van der Waals surface area contributed by atoms with Crippen molar-refractivity contribution in [3.05, 3.63) is 0 Å². The zero-order valence-electron chi connectivity index (χ0n) is 9.18. The molecule has 0 radical (unpaired) electrons. The van der Waals surface area contributed by atoms with Crippen LogP contribution in [0.1, 0.15) is 40.0 Å². The molecule has 0 amide bonds. The van der Waals surface area contributed by atoms with Gasteiger partial charge in [-0.05, 0) is 26.3 Å². The first-order valence-electron chi connectivity index (χ1n) is 5.16. The first kappa shape index (κ1) is 10.7. The van der Waals surface area contributed by atoms with Crippen LogP contribution in [0.3, 0.4) is 0 Å². The second-order valence-corrected chi connectivity index (χ2v) is 5.11. The van der Waals surface area contributed by atoms with Crippen molar-refractivity contribution in [3.63, 3.8) is 0 Å². The van der Waals surface area contributed by atoms with Crippen molar-refractivity contribution in [2.24, 2.45) is 11.3 Å². The number of ketones is 1. The Morgan fingerprint density at radius 2 is 1.92 bits per heavy atom. The van der Waals surface area contributed by atoms with Crippen LogP contribution in [0, 0.1) is 11.3 Å². The van der Waals surface area contributed by atoms with Gasteiger partial charge in [-0.2, -0.15) is 0 Å². The highest BCUT2D eigenvalue weighted by Gasteiger charge is 2.34. The second-order valence-electron chi connectivity index (χ2n) is 5.11. The molecule has 0 aromatic heterocycles. The van der Waals surface area contributed by atoms with Crippen LogP contribution in [0.25, 0.3) is 0 Å². The molecule has 0 bridgehead atoms. The second kappa shape index (κ2) is 3.79. The molecule has 1 saturated carbocycles. The summed E-state index contributed by atoms with van der Waals surface area (Å²) < 4.78 is 0. The smallest absolute Gasteiger partial charge is 0.141 e. The van der Waals surface area contributed by atoms with Gasteiger partial charge in [0.05, 0.1) is 0 Å². The quantitative estimate of drug-likeness (QED) is 0.709. The number of carbonyl (C=O) groups is 1. The average molecular weight is 183 g/mol. The predicted molar refractivity (Wildman–Crippen MR) is 54.7 cm³/mol. The van der Waals surface area contributed by atoms with Crippen molar-refractivity contribution in [1.29, 1.82) is 0 Å². The number of rotatable bonds is 2. The van der Waals surface area contributed by atoms with Crippen LogP contribution in [-0.2, 0) is 4.79 Å². The molecule has 0 saturated heterocycles. The van der Waals surface area contributed by atoms with Gasteiger partial charge in [0.1, 0.15) is 5.78 Å². The summed E-state index contributed by atoms with van der Waals surface area (Å²) in [7, 11) is 1.98. The largest absolute Gasteiger partial charge is 0.317 e. The maximum absolute atomic E-state index is 11.9. The van der Waals surface area contributed by atoms with Crippen molar-refractivity contribution in [2.75, 3.05) is 7.05 Å². The van der Waals surface area contributed by atoms with Crippen LogP contribution in [-0.4, -0.2) is 18.9 Å². The molecule has 1 N–H and O–H groups in total. The van der Waals surface area contributed by atoms with Crippen molar-refractivity contribution in [3.8, 4) is 0 Å². The Bertz CT molecular complexity index is 193. The molecule has 2 heteroatoms. The third kappa shape index (κ3) is 2.53. The fourth-order valence-corrected chi connectivity index (χ4v) is 2.09. The lowest BCUT2D eigenvalue weighted by Gasteiger charge is -2.21. The van der Waals surface area contributed by atoms with Gasteiger partial charge in [-0.25, -0.2) is 0 Å². The lowest BCUT2D eigenvalue weighted by atomic mass is 9.82. The van der Waals surface area contributed by atoms with E-state index in [4.69, 9.17) is 0 Å². The van der Waals surface area contributed by atoms with Gasteiger partial charge in [0.25, 0.3) is 0 Å². The summed E-state index contributed by atoms with van der Waals surface area (Å²) in [5.74, 6) is 0.739. The van der Waals surface area contributed by atoms with Crippen LogP contribution < -0.4 is 5.32 Å². The summed E-state index contributed by atoms with van der Waals surface area (Å²) in [6.07, 6.45) is 3.26. The highest BCUT2D eigenvalue weighted by atomic mass is 16.1. The van der Waals surface area contributed by atoms with Gasteiger partial charge < -0.3 is 5.32 Å². The first-order valence-corrected chi connectivity index (χ1v) is 5.16. The van der Waals surface area contributed by atoms with Gasteiger partial charge in [-0.15, -0.1) is 0 Å². The van der Waals surface area contributed by atoms with Gasteiger partial charge in [0.2, 0.25) is 0 Å². The third-order valence-electron chi connectivity index (χ3n) is 2.95. The monoisotopic (exact) mass is 183 g/mol. The SMILES string of the molecule is CN[C@@H]1CC[C@H](C(=O)C(C)(C)C)C1. The fourth-order valence-electron chi connectivity index (χ4n) is 2.09. The van der Waals surface area contributed by atoms with Gasteiger partial charge in [0, 0.05) is 17.4 Å². The van der Waals surface area contributed by atoms with E-state index in [1.807, 2.05) is 27.8 Å². The maximum atomic E-state index is 11.9. The molecule has 2 nitrogen and oxygen atoms in total. The Morgan fingerprint density at radius 3 is 2.31 bits per heavy atom. The molecule has 0 aromatic carbocycles. The highest BCUT2D eigenvalue weighted by Crippen LogP contribution is 2.32. The summed E-state index contributed by atoms with van der Waals surface area (Å²) in [6, 6.07) is 0.566. The number of nitrogens with one attached hydrogen (secondary N) is 1. The van der Waals surface area contributed by atoms with E-state index in [2.05, 4.69) is 5.32 Å². The molecule has 2 atom stereocenters. The van der Waals surface area contributed by atoms with Crippen LogP contribution in [0.5, 0.6) is 0 Å². The van der Waals surface area contributed by atoms with Gasteiger partial charge in [-0.1, -0.05) is 20.8 Å². The van der Waals surface area contributed by atoms with E-state index in [1.54, 1.807) is 0 Å². The minimum atomic E-state index is -0.159. The maximum Gasteiger partial charge on any atom is 0.141 e. The van der Waals surface area contributed by atoms with Crippen LogP contribution in [0.15, 0.2) is 0 Å². The van der Waals surface area contributed by atoms with E-state index in [1.165, 1.54) is 0 Å². The van der Waals surface area contributed by atoms with Gasteiger partial charge in [-0.3, -0.25) is 4.79 Å². The summed E-state index contributed by atoms with van der Waals surface area (Å²) in [5, 5.41) is 3.25. The Morgan fingerprint density at radius 1 is 1.31 bits per heavy atom. The van der Waals surface area contributed by atoms with Crippen LogP contribution >= 0.6 is 0 Å². The van der Waals surface area contributed by atoms with E-state index in [-0.39, 0.29) is 5.41 Å². The molecular formula is C11H21NO. The first-order chi connectivity index (χ1) is 5.95. The fraction of sp³-hybridized carbons (Fsp3) is 0.909. The molecule has 76 valence electrons. The number of carbonyl (C=O) groups excluding carboxylic acids is 1. The molecular weight excluding hydrogens is 162 g/mol. The Balaban J connectivity index is 2.52. The molecule has 1 aliphatic rings. The summed E-state index contributed by atoms with van der Waals surface area (Å²) in [5.41, 5.74) is -0.159. The van der Waals surface area contributed by atoms with E-state index in [9.17, 15) is 4.79 Å². The number of hydrogen-bond acceptors (Lipinski definition) is 2. The summed E-state index contributed by atoms with van der Waals surface area (Å²) in [4.78, 5) is 11.9. The van der Waals surface area contributed by atoms with E-state index >= 15 is 0 Å². The summed E-state index contributed by atoms with van der Waals surface area (Å²) in [6.45, 7) is 6.05. The zero-order chi connectivity index (χ0) is 10.1. The minimum Gasteiger partial charge on any atom is -0.317 e. The molecule has 0 unspecified atom stereocenters. The normalized spacial score (nSPS) is 29.2. The van der Waals surface area contributed by atoms with Crippen molar-refractivity contribution in [1.82, 2.24) is 5.32 Å². The third-order valence-corrected chi connectivity index (χ3v) is 2.95. The molecule has 1 aliphatic carbocycles. The van der Waals surface area contributed by atoms with Crippen molar-refractivity contribution in [2.45, 2.75) is 46.1 Å². The summed E-state index contributed by atoms with van der Waals surface area (Å²) >= 11 is 0. The molecule has 1 fully saturated rings. The molecule has 0 aromatic rings. The Labute approximate surface area is 81.1 Å². The standard InChI is InChI=1S/C11H21NO/c1-11(2,3)10(13)8-5-6-9(7-8)12-4/h8-9,12H,5-7H2,1-4H3/t8-,9+/m0/s1. The number of Topliss-reactive ketones (excluding diaryl/α,β-unsaturated/α-hetero) is 1. The molecule has 0 spiro atoms.